The van der Waals surface area contributed by atoms with Crippen molar-refractivity contribution in [2.24, 2.45) is 0 Å². The molecule has 22 heavy (non-hydrogen) atoms. The molecule has 2 aliphatic heterocycles. The molecule has 0 bridgehead atoms. The van der Waals surface area contributed by atoms with Crippen LogP contribution in [0.15, 0.2) is 36.7 Å². The Bertz CT molecular complexity index is 680. The maximum absolute atomic E-state index is 5.20. The summed E-state index contributed by atoms with van der Waals surface area (Å²) in [6, 6.07) is 10.6. The van der Waals surface area contributed by atoms with E-state index in [1.165, 1.54) is 11.3 Å². The van der Waals surface area contributed by atoms with Crippen molar-refractivity contribution in [2.45, 2.75) is 18.3 Å². The lowest BCUT2D eigenvalue weighted by atomic mass is 9.74. The van der Waals surface area contributed by atoms with Crippen LogP contribution < -0.4 is 15.0 Å². The standard InChI is InChI=1S/C17H20N4O/c1-22-16-10-15(19-12-20-16)21-8-6-17(7-9-21)11-18-14-5-3-2-4-13(14)17/h2-5,10,12,18H,6-9,11H2,1H3. The molecule has 0 unspecified atom stereocenters. The fraction of sp³-hybridized carbons (Fsp3) is 0.412. The number of methoxy groups -OCH3 is 1. The first-order chi connectivity index (χ1) is 10.8. The zero-order valence-electron chi connectivity index (χ0n) is 12.7. The Balaban J connectivity index is 1.54. The Morgan fingerprint density at radius 3 is 2.82 bits per heavy atom. The fourth-order valence-electron chi connectivity index (χ4n) is 3.68. The smallest absolute Gasteiger partial charge is 0.218 e. The highest BCUT2D eigenvalue weighted by Gasteiger charge is 2.41. The third kappa shape index (κ3) is 2.08. The number of fused-ring (bicyclic) bond motifs is 2. The molecule has 3 heterocycles. The number of ether oxygens (including phenoxy) is 1. The van der Waals surface area contributed by atoms with Crippen LogP contribution in [0.25, 0.3) is 0 Å². The van der Waals surface area contributed by atoms with Gasteiger partial charge < -0.3 is 15.0 Å². The van der Waals surface area contributed by atoms with Gasteiger partial charge in [0.25, 0.3) is 0 Å². The largest absolute Gasteiger partial charge is 0.481 e. The second kappa shape index (κ2) is 5.16. The van der Waals surface area contributed by atoms with Gasteiger partial charge in [-0.1, -0.05) is 18.2 Å². The Hall–Kier alpha value is -2.30. The minimum atomic E-state index is 0.282. The maximum atomic E-state index is 5.20. The number of anilines is 2. The average Bonchev–Trinajstić information content (AvgIpc) is 2.95. The average molecular weight is 296 g/mol. The highest BCUT2D eigenvalue weighted by atomic mass is 16.5. The summed E-state index contributed by atoms with van der Waals surface area (Å²) < 4.78 is 5.20. The van der Waals surface area contributed by atoms with Gasteiger partial charge in [0.15, 0.2) is 0 Å². The SMILES string of the molecule is COc1cc(N2CCC3(CC2)CNc2ccccc23)ncn1. The Morgan fingerprint density at radius 2 is 2.00 bits per heavy atom. The summed E-state index contributed by atoms with van der Waals surface area (Å²) in [6.07, 6.45) is 3.86. The van der Waals surface area contributed by atoms with Crippen LogP contribution in [-0.2, 0) is 5.41 Å². The number of piperidine rings is 1. The van der Waals surface area contributed by atoms with Crippen molar-refractivity contribution in [3.8, 4) is 5.88 Å². The molecule has 114 valence electrons. The number of hydrogen-bond donors (Lipinski definition) is 1. The lowest BCUT2D eigenvalue weighted by molar-refractivity contribution is 0.359. The van der Waals surface area contributed by atoms with E-state index in [0.717, 1.165) is 38.3 Å². The molecule has 1 aromatic carbocycles. The second-order valence-corrected chi connectivity index (χ2v) is 6.09. The summed E-state index contributed by atoms with van der Waals surface area (Å²) in [5.74, 6) is 1.58. The van der Waals surface area contributed by atoms with Crippen LogP contribution in [0.1, 0.15) is 18.4 Å². The Morgan fingerprint density at radius 1 is 1.18 bits per heavy atom. The third-order valence-electron chi connectivity index (χ3n) is 5.00. The number of para-hydroxylation sites is 1. The Labute approximate surface area is 130 Å². The first-order valence-electron chi connectivity index (χ1n) is 7.75. The van der Waals surface area contributed by atoms with Gasteiger partial charge in [0, 0.05) is 36.8 Å². The fourth-order valence-corrected chi connectivity index (χ4v) is 3.68. The van der Waals surface area contributed by atoms with Crippen LogP contribution in [0.4, 0.5) is 11.5 Å². The summed E-state index contributed by atoms with van der Waals surface area (Å²) in [5, 5.41) is 3.57. The third-order valence-corrected chi connectivity index (χ3v) is 5.00. The topological polar surface area (TPSA) is 50.3 Å². The number of rotatable bonds is 2. The van der Waals surface area contributed by atoms with Gasteiger partial charge in [-0.15, -0.1) is 0 Å². The minimum Gasteiger partial charge on any atom is -0.481 e. The predicted octanol–water partition coefficient (Wildman–Crippen LogP) is 2.45. The Kier molecular flexibility index (Phi) is 3.13. The number of nitrogens with one attached hydrogen (secondary N) is 1. The van der Waals surface area contributed by atoms with Crippen LogP contribution in [0.3, 0.4) is 0 Å². The maximum Gasteiger partial charge on any atom is 0.218 e. The van der Waals surface area contributed by atoms with Gasteiger partial charge >= 0.3 is 0 Å². The highest BCUT2D eigenvalue weighted by Crippen LogP contribution is 2.44. The summed E-state index contributed by atoms with van der Waals surface area (Å²) in [6.45, 7) is 3.07. The van der Waals surface area contributed by atoms with Crippen molar-refractivity contribution < 1.29 is 4.74 Å². The van der Waals surface area contributed by atoms with E-state index < -0.39 is 0 Å². The molecule has 0 radical (unpaired) electrons. The predicted molar refractivity (Wildman–Crippen MR) is 86.6 cm³/mol. The van der Waals surface area contributed by atoms with Gasteiger partial charge in [-0.05, 0) is 24.5 Å². The van der Waals surface area contributed by atoms with Crippen LogP contribution >= 0.6 is 0 Å². The van der Waals surface area contributed by atoms with Gasteiger partial charge in [-0.2, -0.15) is 0 Å². The van der Waals surface area contributed by atoms with Crippen LogP contribution in [0.2, 0.25) is 0 Å². The first-order valence-corrected chi connectivity index (χ1v) is 7.75. The molecule has 4 rings (SSSR count). The van der Waals surface area contributed by atoms with Crippen molar-refractivity contribution in [1.29, 1.82) is 0 Å². The molecule has 2 aliphatic rings. The van der Waals surface area contributed by atoms with E-state index in [9.17, 15) is 0 Å². The quantitative estimate of drug-likeness (QED) is 0.922. The molecule has 2 aromatic rings. The van der Waals surface area contributed by atoms with E-state index in [4.69, 9.17) is 4.74 Å². The van der Waals surface area contributed by atoms with Crippen LogP contribution in [-0.4, -0.2) is 36.7 Å². The molecular formula is C17H20N4O. The van der Waals surface area contributed by atoms with Crippen molar-refractivity contribution in [1.82, 2.24) is 9.97 Å². The molecule has 1 N–H and O–H groups in total. The summed E-state index contributed by atoms with van der Waals surface area (Å²) in [4.78, 5) is 10.8. The number of nitrogens with zero attached hydrogens (tertiary/aromatic N) is 3. The molecule has 0 saturated carbocycles. The lowest BCUT2D eigenvalue weighted by Crippen LogP contribution is -2.44. The van der Waals surface area contributed by atoms with Gasteiger partial charge in [0.1, 0.15) is 12.1 Å². The molecule has 1 spiro atoms. The zero-order valence-corrected chi connectivity index (χ0v) is 12.7. The normalized spacial score (nSPS) is 18.9. The van der Waals surface area contributed by atoms with E-state index in [2.05, 4.69) is 44.5 Å². The molecule has 1 aromatic heterocycles. The number of hydrogen-bond acceptors (Lipinski definition) is 5. The van der Waals surface area contributed by atoms with E-state index >= 15 is 0 Å². The van der Waals surface area contributed by atoms with Gasteiger partial charge in [0.2, 0.25) is 5.88 Å². The van der Waals surface area contributed by atoms with Crippen molar-refractivity contribution in [3.63, 3.8) is 0 Å². The molecule has 1 fully saturated rings. The minimum absolute atomic E-state index is 0.282. The molecule has 5 nitrogen and oxygen atoms in total. The molecule has 0 amide bonds. The molecule has 0 atom stereocenters. The monoisotopic (exact) mass is 296 g/mol. The summed E-state index contributed by atoms with van der Waals surface area (Å²) in [5.41, 5.74) is 3.07. The molecule has 0 aliphatic carbocycles. The summed E-state index contributed by atoms with van der Waals surface area (Å²) >= 11 is 0. The van der Waals surface area contributed by atoms with Crippen molar-refractivity contribution in [3.05, 3.63) is 42.2 Å². The molecule has 1 saturated heterocycles. The highest BCUT2D eigenvalue weighted by molar-refractivity contribution is 5.61. The van der Waals surface area contributed by atoms with E-state index in [0.29, 0.717) is 5.88 Å². The van der Waals surface area contributed by atoms with Gasteiger partial charge in [-0.3, -0.25) is 0 Å². The number of aromatic nitrogens is 2. The van der Waals surface area contributed by atoms with Crippen LogP contribution in [0.5, 0.6) is 5.88 Å². The first kappa shape index (κ1) is 13.4. The van der Waals surface area contributed by atoms with E-state index in [-0.39, 0.29) is 5.41 Å². The zero-order chi connectivity index (χ0) is 15.0. The lowest BCUT2D eigenvalue weighted by Gasteiger charge is -2.39. The summed E-state index contributed by atoms with van der Waals surface area (Å²) in [7, 11) is 1.64. The van der Waals surface area contributed by atoms with Crippen LogP contribution in [0, 0.1) is 0 Å². The van der Waals surface area contributed by atoms with Crippen molar-refractivity contribution >= 4 is 11.5 Å². The number of benzene rings is 1. The molecule has 5 heteroatoms. The van der Waals surface area contributed by atoms with Gasteiger partial charge in [-0.25, -0.2) is 9.97 Å². The molecular weight excluding hydrogens is 276 g/mol. The van der Waals surface area contributed by atoms with Crippen molar-refractivity contribution in [2.75, 3.05) is 37.0 Å². The second-order valence-electron chi connectivity index (χ2n) is 6.09. The van der Waals surface area contributed by atoms with E-state index in [1.807, 2.05) is 6.07 Å². The van der Waals surface area contributed by atoms with E-state index in [1.54, 1.807) is 13.4 Å². The van der Waals surface area contributed by atoms with Gasteiger partial charge in [0.05, 0.1) is 7.11 Å².